The summed E-state index contributed by atoms with van der Waals surface area (Å²) in [6, 6.07) is 6.93. The molecule has 0 spiro atoms. The number of pyridine rings is 1. The second-order valence-corrected chi connectivity index (χ2v) is 6.84. The molecule has 3 aromatic rings. The molecule has 0 N–H and O–H groups in total. The highest BCUT2D eigenvalue weighted by atomic mass is 32.1. The number of nitrogens with zero attached hydrogens (tertiary/aromatic N) is 3. The second-order valence-electron chi connectivity index (χ2n) is 5.64. The second kappa shape index (κ2) is 7.73. The molecule has 142 valence electrons. The molecule has 0 saturated heterocycles. The van der Waals surface area contributed by atoms with Crippen molar-refractivity contribution in [2.24, 2.45) is 0 Å². The average molecular weight is 413 g/mol. The number of benzene rings is 1. The summed E-state index contributed by atoms with van der Waals surface area (Å²) in [4.78, 5) is 23.2. The van der Waals surface area contributed by atoms with Crippen LogP contribution in [0.1, 0.15) is 12.5 Å². The molecule has 0 fully saturated rings. The first-order valence-electron chi connectivity index (χ1n) is 7.79. The Morgan fingerprint density at radius 2 is 1.96 bits per heavy atom. The number of carbonyl (C=O) groups excluding carboxylic acids is 1. The van der Waals surface area contributed by atoms with E-state index in [9.17, 15) is 18.0 Å². The van der Waals surface area contributed by atoms with E-state index in [1.165, 1.54) is 16.2 Å². The Morgan fingerprint density at radius 1 is 1.26 bits per heavy atom. The summed E-state index contributed by atoms with van der Waals surface area (Å²) in [7, 11) is 0. The molecule has 0 bridgehead atoms. The maximum absolute atomic E-state index is 12.7. The van der Waals surface area contributed by atoms with E-state index in [1.54, 1.807) is 24.6 Å². The minimum atomic E-state index is -4.46. The molecule has 1 unspecified atom stereocenters. The highest BCUT2D eigenvalue weighted by Gasteiger charge is 2.30. The largest absolute Gasteiger partial charge is 0.421 e. The van der Waals surface area contributed by atoms with Crippen molar-refractivity contribution in [1.29, 1.82) is 0 Å². The van der Waals surface area contributed by atoms with Crippen LogP contribution >= 0.6 is 24.0 Å². The van der Waals surface area contributed by atoms with Gasteiger partial charge in [0.2, 0.25) is 0 Å². The van der Waals surface area contributed by atoms with Crippen LogP contribution in [-0.2, 0) is 6.18 Å². The van der Waals surface area contributed by atoms with Crippen molar-refractivity contribution >= 4 is 46.2 Å². The topological polar surface area (TPSA) is 55.3 Å². The van der Waals surface area contributed by atoms with Gasteiger partial charge in [0.1, 0.15) is 21.9 Å². The average Bonchev–Trinajstić information content (AvgIpc) is 3.09. The number of hydrogen-bond acceptors (Lipinski definition) is 6. The number of carbonyl (C=O) groups is 1. The van der Waals surface area contributed by atoms with Crippen LogP contribution in [0.25, 0.3) is 10.3 Å². The molecule has 3 rings (SSSR count). The molecule has 2 heterocycles. The summed E-state index contributed by atoms with van der Waals surface area (Å²) in [5, 5.41) is 0. The molecule has 1 atom stereocenters. The summed E-state index contributed by atoms with van der Waals surface area (Å²) in [5.74, 6) is 0.693. The fourth-order valence-electron chi connectivity index (χ4n) is 2.32. The molecule has 0 radical (unpaired) electrons. The van der Waals surface area contributed by atoms with Gasteiger partial charge in [-0.1, -0.05) is 0 Å². The Hall–Kier alpha value is -2.33. The third kappa shape index (κ3) is 4.33. The quantitative estimate of drug-likeness (QED) is 0.610. The number of thiol groups is 1. The van der Waals surface area contributed by atoms with Crippen molar-refractivity contribution in [3.05, 3.63) is 47.5 Å². The minimum Gasteiger partial charge on any atom is -0.410 e. The van der Waals surface area contributed by atoms with Crippen LogP contribution in [0.3, 0.4) is 0 Å². The van der Waals surface area contributed by atoms with Crippen LogP contribution in [0.5, 0.6) is 5.75 Å². The van der Waals surface area contributed by atoms with E-state index < -0.39 is 17.8 Å². The Morgan fingerprint density at radius 3 is 2.59 bits per heavy atom. The van der Waals surface area contributed by atoms with Gasteiger partial charge in [0.05, 0.1) is 11.1 Å². The van der Waals surface area contributed by atoms with Crippen LogP contribution in [0.2, 0.25) is 0 Å². The Bertz CT molecular complexity index is 944. The zero-order chi connectivity index (χ0) is 19.6. The SMILES string of the molecule is CC(CS)N(C(=O)Oc1ccc(C(F)(F)F)cc1)c1ccc2ncsc2n1. The number of alkyl halides is 3. The van der Waals surface area contributed by atoms with Crippen molar-refractivity contribution in [3.8, 4) is 5.75 Å². The molecule has 10 heteroatoms. The zero-order valence-electron chi connectivity index (χ0n) is 14.0. The van der Waals surface area contributed by atoms with E-state index in [1.807, 2.05) is 0 Å². The highest BCUT2D eigenvalue weighted by Crippen LogP contribution is 2.30. The van der Waals surface area contributed by atoms with E-state index in [0.717, 1.165) is 24.3 Å². The summed E-state index contributed by atoms with van der Waals surface area (Å²) in [6.45, 7) is 1.76. The molecular weight excluding hydrogens is 399 g/mol. The lowest BCUT2D eigenvalue weighted by atomic mass is 10.2. The maximum Gasteiger partial charge on any atom is 0.421 e. The third-order valence-electron chi connectivity index (χ3n) is 3.72. The number of halogens is 3. The molecule has 5 nitrogen and oxygen atoms in total. The molecule has 1 amide bonds. The van der Waals surface area contributed by atoms with Crippen molar-refractivity contribution in [2.75, 3.05) is 10.7 Å². The zero-order valence-corrected chi connectivity index (χ0v) is 15.7. The van der Waals surface area contributed by atoms with Gasteiger partial charge in [-0.15, -0.1) is 11.3 Å². The van der Waals surface area contributed by atoms with Crippen LogP contribution in [-0.4, -0.2) is 27.9 Å². The van der Waals surface area contributed by atoms with Crippen molar-refractivity contribution in [1.82, 2.24) is 9.97 Å². The van der Waals surface area contributed by atoms with Gasteiger partial charge in [-0.05, 0) is 43.3 Å². The van der Waals surface area contributed by atoms with Crippen LogP contribution in [0.4, 0.5) is 23.8 Å². The molecule has 2 aromatic heterocycles. The van der Waals surface area contributed by atoms with Gasteiger partial charge >= 0.3 is 12.3 Å². The normalized spacial score (nSPS) is 12.8. The van der Waals surface area contributed by atoms with Gasteiger partial charge in [0.25, 0.3) is 0 Å². The number of anilines is 1. The predicted octanol–water partition coefficient (Wildman–Crippen LogP) is 5.03. The number of hydrogen-bond donors (Lipinski definition) is 1. The lowest BCUT2D eigenvalue weighted by molar-refractivity contribution is -0.137. The van der Waals surface area contributed by atoms with E-state index >= 15 is 0 Å². The molecule has 1 aromatic carbocycles. The van der Waals surface area contributed by atoms with Crippen LogP contribution < -0.4 is 9.64 Å². The van der Waals surface area contributed by atoms with Gasteiger partial charge in [-0.2, -0.15) is 25.8 Å². The van der Waals surface area contributed by atoms with Crippen molar-refractivity contribution in [3.63, 3.8) is 0 Å². The fourth-order valence-corrected chi connectivity index (χ4v) is 3.14. The first-order valence-corrected chi connectivity index (χ1v) is 9.30. The number of aromatic nitrogens is 2. The molecule has 0 aliphatic heterocycles. The Kier molecular flexibility index (Phi) is 5.56. The van der Waals surface area contributed by atoms with Crippen LogP contribution in [0.15, 0.2) is 41.9 Å². The molecule has 0 aliphatic carbocycles. The van der Waals surface area contributed by atoms with Crippen molar-refractivity contribution < 1.29 is 22.7 Å². The number of amides is 1. The van der Waals surface area contributed by atoms with Crippen molar-refractivity contribution in [2.45, 2.75) is 19.1 Å². The molecule has 0 saturated carbocycles. The van der Waals surface area contributed by atoms with Gasteiger partial charge in [-0.25, -0.2) is 14.8 Å². The Labute approximate surface area is 162 Å². The summed E-state index contributed by atoms with van der Waals surface area (Å²) in [5.41, 5.74) is 1.53. The summed E-state index contributed by atoms with van der Waals surface area (Å²) < 4.78 is 43.2. The first kappa shape index (κ1) is 19.4. The van der Waals surface area contributed by atoms with E-state index in [2.05, 4.69) is 22.6 Å². The molecular formula is C17H14F3N3O2S2. The van der Waals surface area contributed by atoms with E-state index in [-0.39, 0.29) is 11.8 Å². The molecule has 27 heavy (non-hydrogen) atoms. The van der Waals surface area contributed by atoms with Gasteiger partial charge < -0.3 is 4.74 Å². The summed E-state index contributed by atoms with van der Waals surface area (Å²) in [6.07, 6.45) is -5.21. The smallest absolute Gasteiger partial charge is 0.410 e. The lowest BCUT2D eigenvalue weighted by Crippen LogP contribution is -2.42. The van der Waals surface area contributed by atoms with E-state index in [0.29, 0.717) is 21.9 Å². The fraction of sp³-hybridized carbons (Fsp3) is 0.235. The van der Waals surface area contributed by atoms with Gasteiger partial charge in [-0.3, -0.25) is 4.90 Å². The van der Waals surface area contributed by atoms with Gasteiger partial charge in [0, 0.05) is 11.8 Å². The first-order chi connectivity index (χ1) is 12.8. The third-order valence-corrected chi connectivity index (χ3v) is 4.98. The molecule has 0 aliphatic rings. The summed E-state index contributed by atoms with van der Waals surface area (Å²) >= 11 is 5.55. The predicted molar refractivity (Wildman–Crippen MR) is 101 cm³/mol. The monoisotopic (exact) mass is 413 g/mol. The number of thiazole rings is 1. The minimum absolute atomic E-state index is 0.00299. The Balaban J connectivity index is 1.85. The number of fused-ring (bicyclic) bond motifs is 1. The van der Waals surface area contributed by atoms with Gasteiger partial charge in [0.15, 0.2) is 0 Å². The maximum atomic E-state index is 12.7. The standard InChI is InChI=1S/C17H14F3N3O2S2/c1-10(8-26)23(14-7-6-13-15(22-14)27-9-21-13)16(24)25-12-4-2-11(3-5-12)17(18,19)20/h2-7,9-10,26H,8H2,1H3. The lowest BCUT2D eigenvalue weighted by Gasteiger charge is -2.26. The number of rotatable bonds is 4. The van der Waals surface area contributed by atoms with Crippen LogP contribution in [0, 0.1) is 0 Å². The number of ether oxygens (including phenoxy) is 1. The highest BCUT2D eigenvalue weighted by molar-refractivity contribution is 7.80. The van der Waals surface area contributed by atoms with E-state index in [4.69, 9.17) is 4.74 Å².